The van der Waals surface area contributed by atoms with E-state index in [1.54, 1.807) is 37.4 Å². The van der Waals surface area contributed by atoms with Gasteiger partial charge in [-0.05, 0) is 6.92 Å². The van der Waals surface area contributed by atoms with Crippen molar-refractivity contribution in [3.8, 4) is 0 Å². The second-order valence-corrected chi connectivity index (χ2v) is 4.82. The van der Waals surface area contributed by atoms with Gasteiger partial charge in [-0.25, -0.2) is 4.98 Å². The van der Waals surface area contributed by atoms with Crippen molar-refractivity contribution in [2.45, 2.75) is 6.92 Å². The first-order valence-corrected chi connectivity index (χ1v) is 6.38. The molecule has 1 aromatic carbocycles. The highest BCUT2D eigenvalue weighted by Gasteiger charge is 2.23. The van der Waals surface area contributed by atoms with Gasteiger partial charge in [0.15, 0.2) is 11.4 Å². The maximum absolute atomic E-state index is 12.6. The Hall–Kier alpha value is -2.89. The van der Waals surface area contributed by atoms with Crippen molar-refractivity contribution in [1.29, 1.82) is 0 Å². The summed E-state index contributed by atoms with van der Waals surface area (Å²) in [7, 11) is 1.64. The lowest BCUT2D eigenvalue weighted by Crippen LogP contribution is -2.23. The van der Waals surface area contributed by atoms with Crippen molar-refractivity contribution in [3.63, 3.8) is 0 Å². The summed E-state index contributed by atoms with van der Waals surface area (Å²) < 4.78 is 2.28. The van der Waals surface area contributed by atoms with Gasteiger partial charge in [0.1, 0.15) is 5.52 Å². The van der Waals surface area contributed by atoms with Gasteiger partial charge >= 0.3 is 0 Å². The quantitative estimate of drug-likeness (QED) is 0.571. The topological polar surface area (TPSA) is 77.1 Å². The van der Waals surface area contributed by atoms with Crippen molar-refractivity contribution in [1.82, 2.24) is 14.3 Å². The van der Waals surface area contributed by atoms with Crippen LogP contribution in [0.5, 0.6) is 0 Å². The maximum Gasteiger partial charge on any atom is 0.219 e. The molecule has 3 aromatic rings. The van der Waals surface area contributed by atoms with Crippen LogP contribution in [0.2, 0.25) is 0 Å². The molecule has 6 nitrogen and oxygen atoms in total. The van der Waals surface area contributed by atoms with E-state index < -0.39 is 11.2 Å². The molecule has 0 saturated heterocycles. The average Bonchev–Trinajstić information content (AvgIpc) is 2.88. The third-order valence-electron chi connectivity index (χ3n) is 3.50. The fraction of sp³-hybridized carbons (Fsp3) is 0.133. The lowest BCUT2D eigenvalue weighted by Gasteiger charge is -2.09. The highest BCUT2D eigenvalue weighted by molar-refractivity contribution is 6.10. The number of benzene rings is 1. The number of ketones is 1. The summed E-state index contributed by atoms with van der Waals surface area (Å²) in [5.41, 5.74) is 0.452. The van der Waals surface area contributed by atoms with E-state index in [1.165, 1.54) is 17.8 Å². The van der Waals surface area contributed by atoms with Crippen molar-refractivity contribution in [2.75, 3.05) is 0 Å². The molecule has 106 valence electrons. The molecule has 2 heterocycles. The van der Waals surface area contributed by atoms with E-state index in [-0.39, 0.29) is 22.4 Å². The van der Waals surface area contributed by atoms with E-state index in [4.69, 9.17) is 0 Å². The van der Waals surface area contributed by atoms with Gasteiger partial charge in [0.2, 0.25) is 5.43 Å². The second-order valence-electron chi connectivity index (χ2n) is 4.82. The molecule has 0 fully saturated rings. The molecule has 0 saturated carbocycles. The molecular weight excluding hydrogens is 270 g/mol. The molecule has 0 aliphatic carbocycles. The van der Waals surface area contributed by atoms with Crippen molar-refractivity contribution < 1.29 is 10.0 Å². The number of pyridine rings is 1. The number of hydrogen-bond donors (Lipinski definition) is 1. The van der Waals surface area contributed by atoms with Gasteiger partial charge in [0.05, 0.1) is 17.6 Å². The molecule has 21 heavy (non-hydrogen) atoms. The zero-order valence-electron chi connectivity index (χ0n) is 11.6. The number of fused-ring (bicyclic) bond motifs is 1. The SMILES string of the molecule is Cc1c(C(=O)c2ccccc2)c(=O)c2c(ncn2C)n1O. The Balaban J connectivity index is 2.36. The van der Waals surface area contributed by atoms with Gasteiger partial charge in [-0.2, -0.15) is 4.73 Å². The number of nitrogens with zero attached hydrogens (tertiary/aromatic N) is 3. The summed E-state index contributed by atoms with van der Waals surface area (Å²) in [6.45, 7) is 1.52. The van der Waals surface area contributed by atoms with E-state index in [0.29, 0.717) is 5.56 Å². The van der Waals surface area contributed by atoms with Crippen molar-refractivity contribution >= 4 is 16.9 Å². The molecular formula is C15H13N3O3. The zero-order chi connectivity index (χ0) is 15.1. The summed E-state index contributed by atoms with van der Waals surface area (Å²) in [6, 6.07) is 8.51. The summed E-state index contributed by atoms with van der Waals surface area (Å²) in [6.07, 6.45) is 1.43. The van der Waals surface area contributed by atoms with Crippen molar-refractivity contribution in [3.05, 3.63) is 63.7 Å². The molecule has 0 aliphatic heterocycles. The van der Waals surface area contributed by atoms with Crippen LogP contribution in [0.3, 0.4) is 0 Å². The van der Waals surface area contributed by atoms with Gasteiger partial charge < -0.3 is 9.77 Å². The van der Waals surface area contributed by atoms with Crippen LogP contribution in [0.4, 0.5) is 0 Å². The Morgan fingerprint density at radius 3 is 2.57 bits per heavy atom. The standard InChI is InChI=1S/C15H13N3O3/c1-9-11(13(19)10-6-4-3-5-7-10)14(20)12-15(18(9)21)16-8-17(12)2/h3-8,21H,1-2H3. The number of rotatable bonds is 2. The first-order valence-electron chi connectivity index (χ1n) is 6.38. The Morgan fingerprint density at radius 1 is 1.24 bits per heavy atom. The van der Waals surface area contributed by atoms with Crippen LogP contribution in [0.15, 0.2) is 41.5 Å². The molecule has 6 heteroatoms. The lowest BCUT2D eigenvalue weighted by molar-refractivity contribution is 0.103. The van der Waals surface area contributed by atoms with Crippen LogP contribution >= 0.6 is 0 Å². The molecule has 0 bridgehead atoms. The van der Waals surface area contributed by atoms with Crippen LogP contribution in [0, 0.1) is 6.92 Å². The minimum absolute atomic E-state index is 0.0419. The zero-order valence-corrected chi connectivity index (χ0v) is 11.6. The number of aryl methyl sites for hydroxylation is 1. The third kappa shape index (κ3) is 1.84. The van der Waals surface area contributed by atoms with E-state index in [0.717, 1.165) is 4.73 Å². The van der Waals surface area contributed by atoms with Crippen LogP contribution in [-0.2, 0) is 7.05 Å². The first-order chi connectivity index (χ1) is 10.0. The maximum atomic E-state index is 12.6. The third-order valence-corrected chi connectivity index (χ3v) is 3.50. The van der Waals surface area contributed by atoms with Gasteiger partial charge in [-0.1, -0.05) is 30.3 Å². The minimum atomic E-state index is -0.429. The summed E-state index contributed by atoms with van der Waals surface area (Å²) >= 11 is 0. The van der Waals surface area contributed by atoms with E-state index >= 15 is 0 Å². The average molecular weight is 283 g/mol. The van der Waals surface area contributed by atoms with E-state index in [1.807, 2.05) is 0 Å². The van der Waals surface area contributed by atoms with Gasteiger partial charge in [0.25, 0.3) is 0 Å². The number of aromatic nitrogens is 3. The Labute approximate surface area is 119 Å². The predicted molar refractivity (Wildman–Crippen MR) is 76.8 cm³/mol. The highest BCUT2D eigenvalue weighted by atomic mass is 16.5. The molecule has 0 aliphatic rings. The molecule has 0 unspecified atom stereocenters. The highest BCUT2D eigenvalue weighted by Crippen LogP contribution is 2.15. The molecule has 0 spiro atoms. The molecule has 0 radical (unpaired) electrons. The Morgan fingerprint density at radius 2 is 1.90 bits per heavy atom. The summed E-state index contributed by atoms with van der Waals surface area (Å²) in [5, 5.41) is 10.1. The van der Waals surface area contributed by atoms with Crippen LogP contribution in [0.1, 0.15) is 21.6 Å². The number of imidazole rings is 1. The molecule has 2 aromatic heterocycles. The number of hydrogen-bond acceptors (Lipinski definition) is 4. The fourth-order valence-electron chi connectivity index (χ4n) is 2.38. The largest absolute Gasteiger partial charge is 0.427 e. The van der Waals surface area contributed by atoms with Gasteiger partial charge in [-0.15, -0.1) is 0 Å². The number of carbonyl (C=O) groups excluding carboxylic acids is 1. The number of carbonyl (C=O) groups is 1. The predicted octanol–water partition coefficient (Wildman–Crippen LogP) is 1.51. The summed E-state index contributed by atoms with van der Waals surface area (Å²) in [4.78, 5) is 29.1. The molecule has 1 N–H and O–H groups in total. The molecule has 0 amide bonds. The monoisotopic (exact) mass is 283 g/mol. The van der Waals surface area contributed by atoms with E-state index in [9.17, 15) is 14.8 Å². The van der Waals surface area contributed by atoms with Crippen LogP contribution in [0.25, 0.3) is 11.2 Å². The van der Waals surface area contributed by atoms with Crippen LogP contribution in [-0.4, -0.2) is 25.3 Å². The lowest BCUT2D eigenvalue weighted by atomic mass is 10.0. The normalized spacial score (nSPS) is 11.0. The molecule has 0 atom stereocenters. The fourth-order valence-corrected chi connectivity index (χ4v) is 2.38. The van der Waals surface area contributed by atoms with Crippen LogP contribution < -0.4 is 5.43 Å². The molecule has 3 rings (SSSR count). The van der Waals surface area contributed by atoms with E-state index in [2.05, 4.69) is 4.98 Å². The van der Waals surface area contributed by atoms with Gasteiger partial charge in [-0.3, -0.25) is 9.59 Å². The Kier molecular flexibility index (Phi) is 2.86. The summed E-state index contributed by atoms with van der Waals surface area (Å²) in [5.74, 6) is -0.413. The second kappa shape index (κ2) is 4.59. The van der Waals surface area contributed by atoms with Crippen molar-refractivity contribution in [2.24, 2.45) is 7.05 Å². The smallest absolute Gasteiger partial charge is 0.219 e. The minimum Gasteiger partial charge on any atom is -0.427 e. The first kappa shape index (κ1) is 13.1. The van der Waals surface area contributed by atoms with Gasteiger partial charge in [0, 0.05) is 12.6 Å². The Bertz CT molecular complexity index is 907.